The quantitative estimate of drug-likeness (QED) is 0.899. The largest absolute Gasteiger partial charge is 0.497 e. The molecule has 1 N–H and O–H groups in total. The van der Waals surface area contributed by atoms with Crippen molar-refractivity contribution in [3.8, 4) is 5.75 Å². The monoisotopic (exact) mass is 342 g/mol. The molecule has 2 aliphatic rings. The van der Waals surface area contributed by atoms with Gasteiger partial charge in [-0.25, -0.2) is 0 Å². The molecule has 3 rings (SSSR count). The van der Waals surface area contributed by atoms with Crippen molar-refractivity contribution in [2.24, 2.45) is 11.0 Å². The number of hydrazone groups is 1. The SMILES string of the molecule is COc1cccc(C(=O)N2N=C3CCCC[C@@H]3[C@]2(O)C(F)(F)F)c1. The number of fused-ring (bicyclic) bond motifs is 1. The molecule has 2 atom stereocenters. The van der Waals surface area contributed by atoms with Gasteiger partial charge in [-0.15, -0.1) is 0 Å². The molecule has 24 heavy (non-hydrogen) atoms. The van der Waals surface area contributed by atoms with Crippen LogP contribution in [0.5, 0.6) is 5.75 Å². The van der Waals surface area contributed by atoms with Crippen LogP contribution in [-0.4, -0.2) is 40.7 Å². The Hall–Kier alpha value is -2.09. The number of aliphatic hydroxyl groups is 1. The Morgan fingerprint density at radius 3 is 2.83 bits per heavy atom. The number of halogens is 3. The Morgan fingerprint density at radius 2 is 2.17 bits per heavy atom. The Bertz CT molecular complexity index is 689. The van der Waals surface area contributed by atoms with Gasteiger partial charge in [-0.1, -0.05) is 12.5 Å². The number of rotatable bonds is 2. The van der Waals surface area contributed by atoms with E-state index in [0.717, 1.165) is 0 Å². The fourth-order valence-corrected chi connectivity index (χ4v) is 3.30. The lowest BCUT2D eigenvalue weighted by atomic mass is 9.80. The Morgan fingerprint density at radius 1 is 1.42 bits per heavy atom. The van der Waals surface area contributed by atoms with Gasteiger partial charge in [0.2, 0.25) is 0 Å². The van der Waals surface area contributed by atoms with Gasteiger partial charge in [0, 0.05) is 11.3 Å². The van der Waals surface area contributed by atoms with E-state index in [0.29, 0.717) is 25.0 Å². The second kappa shape index (κ2) is 5.77. The molecule has 8 heteroatoms. The van der Waals surface area contributed by atoms with Crippen molar-refractivity contribution in [1.82, 2.24) is 5.01 Å². The van der Waals surface area contributed by atoms with Crippen LogP contribution in [0.2, 0.25) is 0 Å². The molecule has 0 radical (unpaired) electrons. The van der Waals surface area contributed by atoms with Crippen molar-refractivity contribution in [3.05, 3.63) is 29.8 Å². The van der Waals surface area contributed by atoms with Crippen LogP contribution in [0.25, 0.3) is 0 Å². The van der Waals surface area contributed by atoms with Gasteiger partial charge in [0.25, 0.3) is 11.6 Å². The average Bonchev–Trinajstić information content (AvgIpc) is 2.88. The van der Waals surface area contributed by atoms with Crippen LogP contribution in [0.4, 0.5) is 13.2 Å². The third-order valence-electron chi connectivity index (χ3n) is 4.54. The fourth-order valence-electron chi connectivity index (χ4n) is 3.30. The lowest BCUT2D eigenvalue weighted by Crippen LogP contribution is -2.61. The second-order valence-corrected chi connectivity index (χ2v) is 5.96. The second-order valence-electron chi connectivity index (χ2n) is 5.96. The maximum atomic E-state index is 13.6. The lowest BCUT2D eigenvalue weighted by molar-refractivity contribution is -0.312. The molecule has 1 amide bonds. The van der Waals surface area contributed by atoms with E-state index in [1.807, 2.05) is 0 Å². The third-order valence-corrected chi connectivity index (χ3v) is 4.54. The Balaban J connectivity index is 2.03. The third kappa shape index (κ3) is 2.45. The first-order chi connectivity index (χ1) is 11.3. The highest BCUT2D eigenvalue weighted by Crippen LogP contribution is 2.48. The topological polar surface area (TPSA) is 62.1 Å². The minimum Gasteiger partial charge on any atom is -0.497 e. The number of benzene rings is 1. The number of amides is 1. The number of hydrogen-bond acceptors (Lipinski definition) is 4. The summed E-state index contributed by atoms with van der Waals surface area (Å²) >= 11 is 0. The summed E-state index contributed by atoms with van der Waals surface area (Å²) in [4.78, 5) is 12.6. The summed E-state index contributed by atoms with van der Waals surface area (Å²) in [5.74, 6) is -1.88. The molecule has 0 aromatic heterocycles. The molecular weight excluding hydrogens is 325 g/mol. The molecule has 1 aromatic rings. The van der Waals surface area contributed by atoms with E-state index in [1.165, 1.54) is 25.3 Å². The molecule has 1 saturated carbocycles. The molecule has 1 aliphatic heterocycles. The van der Waals surface area contributed by atoms with Crippen LogP contribution in [0.15, 0.2) is 29.4 Å². The van der Waals surface area contributed by atoms with Crippen molar-refractivity contribution in [1.29, 1.82) is 0 Å². The molecule has 0 bridgehead atoms. The molecule has 1 heterocycles. The van der Waals surface area contributed by atoms with Crippen molar-refractivity contribution < 1.29 is 27.8 Å². The molecule has 5 nitrogen and oxygen atoms in total. The molecular formula is C16H17F3N2O3. The van der Waals surface area contributed by atoms with Crippen LogP contribution in [0.3, 0.4) is 0 Å². The molecule has 1 aromatic carbocycles. The van der Waals surface area contributed by atoms with Crippen molar-refractivity contribution in [3.63, 3.8) is 0 Å². The van der Waals surface area contributed by atoms with E-state index in [-0.39, 0.29) is 22.7 Å². The van der Waals surface area contributed by atoms with E-state index < -0.39 is 23.7 Å². The number of methoxy groups -OCH3 is 1. The standard InChI is InChI=1S/C16H17F3N2O3/c1-24-11-6-4-5-10(9-11)14(22)21-15(23,16(17,18)19)12-7-2-3-8-13(12)20-21/h4-6,9,12,23H,2-3,7-8H2,1H3/t12-,15-/m0/s1. The minimum absolute atomic E-state index is 0.0278. The van der Waals surface area contributed by atoms with E-state index in [1.54, 1.807) is 6.07 Å². The number of alkyl halides is 3. The highest BCUT2D eigenvalue weighted by molar-refractivity contribution is 5.99. The minimum atomic E-state index is -5.01. The van der Waals surface area contributed by atoms with Gasteiger partial charge in [0.15, 0.2) is 0 Å². The van der Waals surface area contributed by atoms with Gasteiger partial charge in [-0.2, -0.15) is 23.3 Å². The summed E-state index contributed by atoms with van der Waals surface area (Å²) in [7, 11) is 1.39. The number of carbonyl (C=O) groups excluding carboxylic acids is 1. The van der Waals surface area contributed by atoms with Gasteiger partial charge in [-0.3, -0.25) is 4.79 Å². The maximum Gasteiger partial charge on any atom is 0.439 e. The van der Waals surface area contributed by atoms with Crippen molar-refractivity contribution in [2.45, 2.75) is 37.6 Å². The Kier molecular flexibility index (Phi) is 4.03. The zero-order valence-electron chi connectivity index (χ0n) is 13.0. The number of ether oxygens (including phenoxy) is 1. The van der Waals surface area contributed by atoms with Crippen LogP contribution < -0.4 is 4.74 Å². The number of nitrogens with zero attached hydrogens (tertiary/aromatic N) is 2. The summed E-state index contributed by atoms with van der Waals surface area (Å²) in [5, 5.41) is 14.5. The first-order valence-corrected chi connectivity index (χ1v) is 7.64. The van der Waals surface area contributed by atoms with Crippen LogP contribution >= 0.6 is 0 Å². The summed E-state index contributed by atoms with van der Waals surface area (Å²) < 4.78 is 45.9. The summed E-state index contributed by atoms with van der Waals surface area (Å²) in [6, 6.07) is 5.75. The summed E-state index contributed by atoms with van der Waals surface area (Å²) in [5.41, 5.74) is -3.10. The highest BCUT2D eigenvalue weighted by atomic mass is 19.4. The predicted molar refractivity (Wildman–Crippen MR) is 79.6 cm³/mol. The highest BCUT2D eigenvalue weighted by Gasteiger charge is 2.68. The zero-order valence-corrected chi connectivity index (χ0v) is 13.0. The number of hydrogen-bond donors (Lipinski definition) is 1. The molecule has 0 spiro atoms. The predicted octanol–water partition coefficient (Wildman–Crippen LogP) is 2.95. The molecule has 130 valence electrons. The lowest BCUT2D eigenvalue weighted by Gasteiger charge is -2.38. The van der Waals surface area contributed by atoms with Gasteiger partial charge in [0.05, 0.1) is 13.0 Å². The summed E-state index contributed by atoms with van der Waals surface area (Å²) in [6.45, 7) is 0. The van der Waals surface area contributed by atoms with E-state index in [4.69, 9.17) is 4.74 Å². The van der Waals surface area contributed by atoms with Crippen molar-refractivity contribution in [2.75, 3.05) is 7.11 Å². The molecule has 0 unspecified atom stereocenters. The average molecular weight is 342 g/mol. The van der Waals surface area contributed by atoms with Gasteiger partial charge in [0.1, 0.15) is 5.75 Å². The smallest absolute Gasteiger partial charge is 0.439 e. The first-order valence-electron chi connectivity index (χ1n) is 7.64. The van der Waals surface area contributed by atoms with Gasteiger partial charge < -0.3 is 9.84 Å². The van der Waals surface area contributed by atoms with Crippen LogP contribution in [-0.2, 0) is 0 Å². The molecule has 1 aliphatic carbocycles. The summed E-state index contributed by atoms with van der Waals surface area (Å²) in [6.07, 6.45) is -3.25. The van der Waals surface area contributed by atoms with Gasteiger partial charge in [-0.05, 0) is 37.5 Å². The first kappa shape index (κ1) is 16.8. The van der Waals surface area contributed by atoms with Gasteiger partial charge >= 0.3 is 6.18 Å². The zero-order chi connectivity index (χ0) is 17.5. The maximum absolute atomic E-state index is 13.6. The molecule has 1 fully saturated rings. The van der Waals surface area contributed by atoms with Crippen molar-refractivity contribution >= 4 is 11.6 Å². The molecule has 0 saturated heterocycles. The normalized spacial score (nSPS) is 26.8. The van der Waals surface area contributed by atoms with E-state index in [2.05, 4.69) is 5.10 Å². The van der Waals surface area contributed by atoms with E-state index >= 15 is 0 Å². The van der Waals surface area contributed by atoms with Crippen LogP contribution in [0, 0.1) is 5.92 Å². The van der Waals surface area contributed by atoms with E-state index in [9.17, 15) is 23.1 Å². The number of carbonyl (C=O) groups is 1. The Labute approximate surface area is 136 Å². The van der Waals surface area contributed by atoms with Crippen LogP contribution in [0.1, 0.15) is 36.0 Å². The fraction of sp³-hybridized carbons (Fsp3) is 0.500.